The zero-order chi connectivity index (χ0) is 11.7. The van der Waals surface area contributed by atoms with Crippen molar-refractivity contribution in [3.05, 3.63) is 0 Å². The molecule has 15 heavy (non-hydrogen) atoms. The average Bonchev–Trinajstić information content (AvgIpc) is 2.22. The summed E-state index contributed by atoms with van der Waals surface area (Å²) < 4.78 is 24.7. The molecule has 0 aromatic rings. The van der Waals surface area contributed by atoms with Crippen LogP contribution in [-0.2, 0) is 10.0 Å². The van der Waals surface area contributed by atoms with Crippen LogP contribution in [0, 0.1) is 5.92 Å². The summed E-state index contributed by atoms with van der Waals surface area (Å²) in [6, 6.07) is 0. The van der Waals surface area contributed by atoms with E-state index in [1.54, 1.807) is 6.92 Å². The van der Waals surface area contributed by atoms with Crippen LogP contribution in [0.15, 0.2) is 0 Å². The van der Waals surface area contributed by atoms with E-state index in [1.165, 1.54) is 6.42 Å². The van der Waals surface area contributed by atoms with Crippen molar-refractivity contribution in [1.29, 1.82) is 0 Å². The van der Waals surface area contributed by atoms with Crippen LogP contribution in [0.25, 0.3) is 0 Å². The van der Waals surface area contributed by atoms with E-state index in [1.807, 2.05) is 0 Å². The highest BCUT2D eigenvalue weighted by Crippen LogP contribution is 1.96. The largest absolute Gasteiger partial charge is 0.316 e. The Balaban J connectivity index is 3.33. The highest BCUT2D eigenvalue weighted by atomic mass is 32.2. The monoisotopic (exact) mass is 236 g/mol. The van der Waals surface area contributed by atoms with Gasteiger partial charge in [-0.1, -0.05) is 20.3 Å². The fourth-order valence-electron chi connectivity index (χ4n) is 1.04. The molecule has 0 spiro atoms. The van der Waals surface area contributed by atoms with Crippen molar-refractivity contribution in [3.63, 3.8) is 0 Å². The molecule has 0 amide bonds. The number of rotatable bonds is 9. The Morgan fingerprint density at radius 2 is 1.87 bits per heavy atom. The van der Waals surface area contributed by atoms with Gasteiger partial charge in [0.1, 0.15) is 0 Å². The van der Waals surface area contributed by atoms with Gasteiger partial charge in [-0.2, -0.15) is 0 Å². The van der Waals surface area contributed by atoms with Crippen LogP contribution in [-0.4, -0.2) is 33.8 Å². The lowest BCUT2D eigenvalue weighted by molar-refractivity contribution is 0.494. The number of hydrogen-bond acceptors (Lipinski definition) is 3. The van der Waals surface area contributed by atoms with Crippen molar-refractivity contribution in [3.8, 4) is 0 Å². The second-order valence-electron chi connectivity index (χ2n) is 3.87. The Morgan fingerprint density at radius 3 is 2.40 bits per heavy atom. The Kier molecular flexibility index (Phi) is 8.00. The average molecular weight is 236 g/mol. The second kappa shape index (κ2) is 8.07. The minimum absolute atomic E-state index is 0.160. The maximum Gasteiger partial charge on any atom is 0.211 e. The van der Waals surface area contributed by atoms with Crippen molar-refractivity contribution in [2.24, 2.45) is 5.92 Å². The summed E-state index contributed by atoms with van der Waals surface area (Å²) >= 11 is 0. The molecule has 1 atom stereocenters. The van der Waals surface area contributed by atoms with Crippen LogP contribution in [0.4, 0.5) is 0 Å². The Bertz CT molecular complexity index is 240. The molecule has 0 saturated heterocycles. The third-order valence-corrected chi connectivity index (χ3v) is 3.83. The lowest BCUT2D eigenvalue weighted by Crippen LogP contribution is -2.29. The molecule has 0 heterocycles. The fourth-order valence-corrected chi connectivity index (χ4v) is 1.70. The van der Waals surface area contributed by atoms with E-state index in [9.17, 15) is 8.42 Å². The fraction of sp³-hybridized carbons (Fsp3) is 1.00. The van der Waals surface area contributed by atoms with Gasteiger partial charge in [0.2, 0.25) is 10.0 Å². The summed E-state index contributed by atoms with van der Waals surface area (Å²) in [4.78, 5) is 0. The maximum absolute atomic E-state index is 11.1. The number of hydrogen-bond donors (Lipinski definition) is 2. The van der Waals surface area contributed by atoms with Gasteiger partial charge < -0.3 is 5.32 Å². The topological polar surface area (TPSA) is 58.2 Å². The first-order valence-electron chi connectivity index (χ1n) is 5.69. The SMILES string of the molecule is CCC(C)CNCCCNS(=O)(=O)CC. The Hall–Kier alpha value is -0.130. The van der Waals surface area contributed by atoms with Gasteiger partial charge in [-0.3, -0.25) is 0 Å². The van der Waals surface area contributed by atoms with Crippen molar-refractivity contribution >= 4 is 10.0 Å². The van der Waals surface area contributed by atoms with Gasteiger partial charge in [0.25, 0.3) is 0 Å². The van der Waals surface area contributed by atoms with Crippen molar-refractivity contribution in [2.75, 3.05) is 25.4 Å². The van der Waals surface area contributed by atoms with Gasteiger partial charge in [0.05, 0.1) is 5.75 Å². The van der Waals surface area contributed by atoms with Crippen molar-refractivity contribution in [1.82, 2.24) is 10.0 Å². The van der Waals surface area contributed by atoms with Gasteiger partial charge in [-0.25, -0.2) is 13.1 Å². The maximum atomic E-state index is 11.1. The molecule has 1 unspecified atom stereocenters. The highest BCUT2D eigenvalue weighted by molar-refractivity contribution is 7.89. The van der Waals surface area contributed by atoms with Gasteiger partial charge in [-0.05, 0) is 32.4 Å². The van der Waals surface area contributed by atoms with Crippen molar-refractivity contribution < 1.29 is 8.42 Å². The molecule has 0 fully saturated rings. The van der Waals surface area contributed by atoms with Crippen LogP contribution < -0.4 is 10.0 Å². The summed E-state index contributed by atoms with van der Waals surface area (Å²) in [5.41, 5.74) is 0. The second-order valence-corrected chi connectivity index (χ2v) is 5.96. The van der Waals surface area contributed by atoms with Gasteiger partial charge in [-0.15, -0.1) is 0 Å². The quantitative estimate of drug-likeness (QED) is 0.586. The first-order chi connectivity index (χ1) is 7.02. The van der Waals surface area contributed by atoms with Crippen LogP contribution in [0.3, 0.4) is 0 Å². The molecule has 92 valence electrons. The molecule has 0 radical (unpaired) electrons. The molecule has 0 aliphatic carbocycles. The highest BCUT2D eigenvalue weighted by Gasteiger charge is 2.04. The van der Waals surface area contributed by atoms with E-state index in [4.69, 9.17) is 0 Å². The molecular weight excluding hydrogens is 212 g/mol. The normalized spacial score (nSPS) is 14.1. The van der Waals surface area contributed by atoms with E-state index in [0.29, 0.717) is 12.5 Å². The van der Waals surface area contributed by atoms with E-state index in [2.05, 4.69) is 23.9 Å². The molecule has 2 N–H and O–H groups in total. The van der Waals surface area contributed by atoms with E-state index in [0.717, 1.165) is 19.5 Å². The first kappa shape index (κ1) is 14.9. The summed E-state index contributed by atoms with van der Waals surface area (Å²) in [6.07, 6.45) is 2.02. The molecular formula is C10H24N2O2S. The van der Waals surface area contributed by atoms with Crippen molar-refractivity contribution in [2.45, 2.75) is 33.6 Å². The zero-order valence-electron chi connectivity index (χ0n) is 10.0. The predicted molar refractivity (Wildman–Crippen MR) is 64.4 cm³/mol. The minimum Gasteiger partial charge on any atom is -0.316 e. The van der Waals surface area contributed by atoms with Gasteiger partial charge in [0.15, 0.2) is 0 Å². The molecule has 4 nitrogen and oxygen atoms in total. The van der Waals surface area contributed by atoms with E-state index >= 15 is 0 Å². The third-order valence-electron chi connectivity index (χ3n) is 2.42. The van der Waals surface area contributed by atoms with Crippen LogP contribution in [0.5, 0.6) is 0 Å². The smallest absolute Gasteiger partial charge is 0.211 e. The molecule has 0 aromatic heterocycles. The molecule has 0 aliphatic heterocycles. The standard InChI is InChI=1S/C10H24N2O2S/c1-4-10(3)9-11-7-6-8-12-15(13,14)5-2/h10-12H,4-9H2,1-3H3. The number of nitrogens with one attached hydrogen (secondary N) is 2. The summed E-state index contributed by atoms with van der Waals surface area (Å²) in [6.45, 7) is 8.43. The molecule has 5 heteroatoms. The lowest BCUT2D eigenvalue weighted by Gasteiger charge is -2.10. The van der Waals surface area contributed by atoms with Crippen LogP contribution in [0.1, 0.15) is 33.6 Å². The molecule has 0 aromatic carbocycles. The van der Waals surface area contributed by atoms with Crippen LogP contribution >= 0.6 is 0 Å². The van der Waals surface area contributed by atoms with Gasteiger partial charge >= 0.3 is 0 Å². The minimum atomic E-state index is -3.01. The lowest BCUT2D eigenvalue weighted by atomic mass is 10.1. The summed E-state index contributed by atoms with van der Waals surface area (Å²) in [5.74, 6) is 0.852. The molecule has 0 rings (SSSR count). The summed E-state index contributed by atoms with van der Waals surface area (Å²) in [7, 11) is -3.01. The Labute approximate surface area is 93.9 Å². The van der Waals surface area contributed by atoms with E-state index < -0.39 is 10.0 Å². The Morgan fingerprint density at radius 1 is 1.20 bits per heavy atom. The van der Waals surface area contributed by atoms with E-state index in [-0.39, 0.29) is 5.75 Å². The number of sulfonamides is 1. The molecule has 0 bridgehead atoms. The third kappa shape index (κ3) is 8.84. The molecule has 0 aliphatic rings. The summed E-state index contributed by atoms with van der Waals surface area (Å²) in [5, 5.41) is 3.31. The van der Waals surface area contributed by atoms with Crippen LogP contribution in [0.2, 0.25) is 0 Å². The zero-order valence-corrected chi connectivity index (χ0v) is 10.9. The van der Waals surface area contributed by atoms with Gasteiger partial charge in [0, 0.05) is 6.54 Å². The predicted octanol–water partition coefficient (Wildman–Crippen LogP) is 0.952. The molecule has 0 saturated carbocycles. The first-order valence-corrected chi connectivity index (χ1v) is 7.35.